The summed E-state index contributed by atoms with van der Waals surface area (Å²) in [6, 6.07) is 0. The summed E-state index contributed by atoms with van der Waals surface area (Å²) >= 11 is 1.30. The van der Waals surface area contributed by atoms with Gasteiger partial charge in [0.05, 0.1) is 17.8 Å². The third kappa shape index (κ3) is 4.96. The van der Waals surface area contributed by atoms with Gasteiger partial charge in [-0.2, -0.15) is 0 Å². The number of carbonyl (C=O) groups excluding carboxylic acids is 1. The topological polar surface area (TPSA) is 88.5 Å². The maximum atomic E-state index is 12.0. The molecule has 0 saturated heterocycles. The standard InChI is InChI=1S/C12H18N2O4S/c1-12(2,3)10-9(19-7-14-10)11(17)13-4-5-18-6-8(15)16/h7H,4-6H2,1-3H3,(H,13,17)(H,15,16). The molecule has 1 amide bonds. The molecule has 0 bridgehead atoms. The van der Waals surface area contributed by atoms with Gasteiger partial charge >= 0.3 is 5.97 Å². The average molecular weight is 286 g/mol. The summed E-state index contributed by atoms with van der Waals surface area (Å²) in [7, 11) is 0. The Morgan fingerprint density at radius 3 is 2.74 bits per heavy atom. The van der Waals surface area contributed by atoms with Gasteiger partial charge in [0.1, 0.15) is 11.5 Å². The summed E-state index contributed by atoms with van der Waals surface area (Å²) in [5.41, 5.74) is 2.23. The molecule has 2 N–H and O–H groups in total. The Kier molecular flexibility index (Phi) is 5.44. The summed E-state index contributed by atoms with van der Waals surface area (Å²) in [5, 5.41) is 11.1. The number of hydrogen-bond donors (Lipinski definition) is 2. The molecular formula is C12H18N2O4S. The number of nitrogens with one attached hydrogen (secondary N) is 1. The number of aromatic nitrogens is 1. The van der Waals surface area contributed by atoms with Crippen molar-refractivity contribution in [2.75, 3.05) is 19.8 Å². The molecule has 19 heavy (non-hydrogen) atoms. The highest BCUT2D eigenvalue weighted by atomic mass is 32.1. The second kappa shape index (κ2) is 6.63. The Morgan fingerprint density at radius 2 is 2.16 bits per heavy atom. The molecule has 0 saturated carbocycles. The third-order valence-corrected chi connectivity index (χ3v) is 3.07. The van der Waals surface area contributed by atoms with Crippen molar-refractivity contribution in [2.45, 2.75) is 26.2 Å². The van der Waals surface area contributed by atoms with E-state index >= 15 is 0 Å². The van der Waals surface area contributed by atoms with E-state index in [1.807, 2.05) is 20.8 Å². The molecule has 1 aromatic rings. The zero-order chi connectivity index (χ0) is 14.5. The quantitative estimate of drug-likeness (QED) is 0.769. The number of hydrogen-bond acceptors (Lipinski definition) is 5. The summed E-state index contributed by atoms with van der Waals surface area (Å²) in [6.45, 7) is 6.07. The molecule has 1 aromatic heterocycles. The van der Waals surface area contributed by atoms with Crippen molar-refractivity contribution in [1.29, 1.82) is 0 Å². The van der Waals surface area contributed by atoms with Gasteiger partial charge in [-0.15, -0.1) is 11.3 Å². The van der Waals surface area contributed by atoms with Crippen molar-refractivity contribution in [2.24, 2.45) is 0 Å². The normalized spacial score (nSPS) is 11.3. The zero-order valence-electron chi connectivity index (χ0n) is 11.2. The summed E-state index contributed by atoms with van der Waals surface area (Å²) in [6.07, 6.45) is 0. The third-order valence-electron chi connectivity index (χ3n) is 2.24. The van der Waals surface area contributed by atoms with Crippen LogP contribution in [-0.4, -0.2) is 41.7 Å². The molecule has 0 fully saturated rings. The van der Waals surface area contributed by atoms with Gasteiger partial charge in [-0.05, 0) is 0 Å². The van der Waals surface area contributed by atoms with Gasteiger partial charge in [0.25, 0.3) is 5.91 Å². The lowest BCUT2D eigenvalue weighted by Crippen LogP contribution is -2.29. The number of amides is 1. The first-order chi connectivity index (χ1) is 8.82. The number of thiazole rings is 1. The van der Waals surface area contributed by atoms with Crippen molar-refractivity contribution in [1.82, 2.24) is 10.3 Å². The number of aliphatic carboxylic acids is 1. The highest BCUT2D eigenvalue weighted by molar-refractivity contribution is 7.11. The minimum Gasteiger partial charge on any atom is -0.480 e. The van der Waals surface area contributed by atoms with E-state index in [0.29, 0.717) is 4.88 Å². The molecule has 1 rings (SSSR count). The molecule has 0 unspecified atom stereocenters. The SMILES string of the molecule is CC(C)(C)c1ncsc1C(=O)NCCOCC(=O)O. The molecule has 6 nitrogen and oxygen atoms in total. The largest absolute Gasteiger partial charge is 0.480 e. The molecule has 7 heteroatoms. The Hall–Kier alpha value is -1.47. The van der Waals surface area contributed by atoms with Crippen LogP contribution in [0.3, 0.4) is 0 Å². The van der Waals surface area contributed by atoms with Crippen molar-refractivity contribution < 1.29 is 19.4 Å². The van der Waals surface area contributed by atoms with E-state index in [2.05, 4.69) is 10.3 Å². The Bertz CT molecular complexity index is 451. The lowest BCUT2D eigenvalue weighted by atomic mass is 9.91. The minimum absolute atomic E-state index is 0.168. The second-order valence-corrected chi connectivity index (χ2v) is 5.84. The fraction of sp³-hybridized carbons (Fsp3) is 0.583. The Labute approximate surface area is 115 Å². The first-order valence-corrected chi connectivity index (χ1v) is 6.72. The molecule has 0 spiro atoms. The number of ether oxygens (including phenoxy) is 1. The van der Waals surface area contributed by atoms with Gasteiger partial charge in [-0.25, -0.2) is 9.78 Å². The fourth-order valence-corrected chi connectivity index (χ4v) is 2.33. The predicted molar refractivity (Wildman–Crippen MR) is 71.6 cm³/mol. The van der Waals surface area contributed by atoms with Crippen LogP contribution in [0.2, 0.25) is 0 Å². The van der Waals surface area contributed by atoms with Gasteiger partial charge < -0.3 is 15.2 Å². The fourth-order valence-electron chi connectivity index (χ4n) is 1.42. The van der Waals surface area contributed by atoms with Crippen molar-refractivity contribution in [3.05, 3.63) is 16.1 Å². The van der Waals surface area contributed by atoms with Gasteiger partial charge in [0, 0.05) is 12.0 Å². The highest BCUT2D eigenvalue weighted by Crippen LogP contribution is 2.26. The molecule has 0 atom stereocenters. The van der Waals surface area contributed by atoms with Crippen LogP contribution in [0.15, 0.2) is 5.51 Å². The van der Waals surface area contributed by atoms with Crippen LogP contribution in [-0.2, 0) is 14.9 Å². The number of nitrogens with zero attached hydrogens (tertiary/aromatic N) is 1. The number of carboxylic acid groups (broad SMARTS) is 1. The van der Waals surface area contributed by atoms with E-state index in [0.717, 1.165) is 5.69 Å². The van der Waals surface area contributed by atoms with Gasteiger partial charge in [-0.3, -0.25) is 4.79 Å². The molecule has 106 valence electrons. The first kappa shape index (κ1) is 15.6. The van der Waals surface area contributed by atoms with E-state index in [1.165, 1.54) is 11.3 Å². The van der Waals surface area contributed by atoms with Gasteiger partial charge in [0.15, 0.2) is 0 Å². The summed E-state index contributed by atoms with van der Waals surface area (Å²) < 4.78 is 4.83. The van der Waals surface area contributed by atoms with Crippen LogP contribution in [0.4, 0.5) is 0 Å². The lowest BCUT2D eigenvalue weighted by Gasteiger charge is -2.17. The molecule has 0 aliphatic rings. The minimum atomic E-state index is -1.02. The van der Waals surface area contributed by atoms with Crippen LogP contribution in [0.5, 0.6) is 0 Å². The summed E-state index contributed by atoms with van der Waals surface area (Å²) in [4.78, 5) is 27.0. The lowest BCUT2D eigenvalue weighted by molar-refractivity contribution is -0.142. The molecule has 0 radical (unpaired) electrons. The van der Waals surface area contributed by atoms with E-state index in [-0.39, 0.29) is 31.1 Å². The van der Waals surface area contributed by atoms with E-state index in [1.54, 1.807) is 5.51 Å². The zero-order valence-corrected chi connectivity index (χ0v) is 12.0. The van der Waals surface area contributed by atoms with Crippen LogP contribution in [0.1, 0.15) is 36.1 Å². The maximum Gasteiger partial charge on any atom is 0.329 e. The monoisotopic (exact) mass is 286 g/mol. The predicted octanol–water partition coefficient (Wildman–Crippen LogP) is 1.27. The van der Waals surface area contributed by atoms with Crippen molar-refractivity contribution in [3.63, 3.8) is 0 Å². The summed E-state index contributed by atoms with van der Waals surface area (Å²) in [5.74, 6) is -1.23. The molecule has 0 aliphatic carbocycles. The van der Waals surface area contributed by atoms with Crippen molar-refractivity contribution >= 4 is 23.2 Å². The Morgan fingerprint density at radius 1 is 1.47 bits per heavy atom. The van der Waals surface area contributed by atoms with Crippen LogP contribution in [0, 0.1) is 0 Å². The molecule has 0 aliphatic heterocycles. The molecule has 0 aromatic carbocycles. The maximum absolute atomic E-state index is 12.0. The van der Waals surface area contributed by atoms with Gasteiger partial charge in [-0.1, -0.05) is 20.8 Å². The Balaban J connectivity index is 2.46. The molecular weight excluding hydrogens is 268 g/mol. The van der Waals surface area contributed by atoms with Crippen LogP contribution >= 0.6 is 11.3 Å². The van der Waals surface area contributed by atoms with Crippen molar-refractivity contribution in [3.8, 4) is 0 Å². The smallest absolute Gasteiger partial charge is 0.329 e. The van der Waals surface area contributed by atoms with E-state index in [9.17, 15) is 9.59 Å². The second-order valence-electron chi connectivity index (χ2n) is 4.98. The number of carbonyl (C=O) groups is 2. The van der Waals surface area contributed by atoms with E-state index in [4.69, 9.17) is 9.84 Å². The van der Waals surface area contributed by atoms with Crippen LogP contribution in [0.25, 0.3) is 0 Å². The first-order valence-electron chi connectivity index (χ1n) is 5.84. The van der Waals surface area contributed by atoms with Gasteiger partial charge in [0.2, 0.25) is 0 Å². The average Bonchev–Trinajstić information content (AvgIpc) is 2.76. The highest BCUT2D eigenvalue weighted by Gasteiger charge is 2.24. The number of carboxylic acids is 1. The van der Waals surface area contributed by atoms with E-state index < -0.39 is 5.97 Å². The number of rotatable bonds is 6. The van der Waals surface area contributed by atoms with Crippen LogP contribution < -0.4 is 5.32 Å². The molecule has 1 heterocycles.